The number of benzene rings is 2. The number of halogens is 1. The van der Waals surface area contributed by atoms with E-state index in [9.17, 15) is 9.18 Å². The second kappa shape index (κ2) is 10.6. The molecule has 0 saturated heterocycles. The molecule has 0 aliphatic heterocycles. The van der Waals surface area contributed by atoms with Gasteiger partial charge in [-0.3, -0.25) is 4.79 Å². The van der Waals surface area contributed by atoms with Gasteiger partial charge in [0, 0.05) is 25.0 Å². The van der Waals surface area contributed by atoms with E-state index in [1.165, 1.54) is 13.2 Å². The summed E-state index contributed by atoms with van der Waals surface area (Å²) in [6.45, 7) is 0.380. The summed E-state index contributed by atoms with van der Waals surface area (Å²) in [6, 6.07) is 13.8. The molecular weight excluding hydrogens is 409 g/mol. The van der Waals surface area contributed by atoms with Gasteiger partial charge in [-0.2, -0.15) is 5.26 Å². The molecule has 0 heterocycles. The van der Waals surface area contributed by atoms with Gasteiger partial charge in [0.15, 0.2) is 0 Å². The number of rotatable bonds is 6. The molecule has 1 fully saturated rings. The van der Waals surface area contributed by atoms with E-state index in [2.05, 4.69) is 20.9 Å². The van der Waals surface area contributed by atoms with E-state index in [0.717, 1.165) is 31.2 Å². The molecule has 0 bridgehead atoms. The van der Waals surface area contributed by atoms with E-state index in [0.29, 0.717) is 23.8 Å². The predicted octanol–water partition coefficient (Wildman–Crippen LogP) is 3.09. The number of hydrogen-bond donors (Lipinski definition) is 3. The SMILES string of the molecule is CN/C(=N\C#N)N[C@H]1CC[C@@](CNC(=O)c2ccccc2OC)(c2cccc(F)c2)CC1. The number of methoxy groups -OCH3 is 1. The van der Waals surface area contributed by atoms with Gasteiger partial charge in [0.25, 0.3) is 5.91 Å². The molecular formula is C24H28FN5O2. The van der Waals surface area contributed by atoms with Crippen molar-refractivity contribution >= 4 is 11.9 Å². The van der Waals surface area contributed by atoms with Gasteiger partial charge in [-0.1, -0.05) is 24.3 Å². The highest BCUT2D eigenvalue weighted by atomic mass is 19.1. The van der Waals surface area contributed by atoms with E-state index in [-0.39, 0.29) is 17.8 Å². The summed E-state index contributed by atoms with van der Waals surface area (Å²) < 4.78 is 19.4. The molecule has 7 nitrogen and oxygen atoms in total. The number of nitriles is 1. The van der Waals surface area contributed by atoms with Crippen LogP contribution in [-0.2, 0) is 5.41 Å². The van der Waals surface area contributed by atoms with Crippen molar-refractivity contribution in [3.05, 3.63) is 65.5 Å². The molecule has 1 aliphatic rings. The summed E-state index contributed by atoms with van der Waals surface area (Å²) in [5.41, 5.74) is 0.936. The molecule has 168 valence electrons. The Morgan fingerprint density at radius 3 is 2.66 bits per heavy atom. The first kappa shape index (κ1) is 23.1. The van der Waals surface area contributed by atoms with Gasteiger partial charge in [0.05, 0.1) is 12.7 Å². The first-order valence-electron chi connectivity index (χ1n) is 10.6. The first-order chi connectivity index (χ1) is 15.5. The van der Waals surface area contributed by atoms with Crippen molar-refractivity contribution in [3.63, 3.8) is 0 Å². The summed E-state index contributed by atoms with van der Waals surface area (Å²) in [6.07, 6.45) is 4.83. The number of ether oxygens (including phenoxy) is 1. The minimum atomic E-state index is -0.399. The third-order valence-corrected chi connectivity index (χ3v) is 6.06. The number of nitrogens with one attached hydrogen (secondary N) is 3. The molecule has 3 N–H and O–H groups in total. The third-order valence-electron chi connectivity index (χ3n) is 6.06. The zero-order chi connectivity index (χ0) is 23.0. The highest BCUT2D eigenvalue weighted by Crippen LogP contribution is 2.39. The molecule has 3 rings (SSSR count). The first-order valence-corrected chi connectivity index (χ1v) is 10.6. The van der Waals surface area contributed by atoms with Crippen molar-refractivity contribution in [3.8, 4) is 11.9 Å². The molecule has 0 radical (unpaired) electrons. The van der Waals surface area contributed by atoms with Gasteiger partial charge in [-0.15, -0.1) is 4.99 Å². The van der Waals surface area contributed by atoms with Crippen LogP contribution in [0.1, 0.15) is 41.6 Å². The second-order valence-corrected chi connectivity index (χ2v) is 7.90. The molecule has 2 aromatic rings. The fraction of sp³-hybridized carbons (Fsp3) is 0.375. The summed E-state index contributed by atoms with van der Waals surface area (Å²) in [7, 11) is 3.24. The van der Waals surface area contributed by atoms with Gasteiger partial charge in [0.2, 0.25) is 12.2 Å². The van der Waals surface area contributed by atoms with Gasteiger partial charge in [0.1, 0.15) is 11.6 Å². The summed E-state index contributed by atoms with van der Waals surface area (Å²) in [4.78, 5) is 16.6. The van der Waals surface area contributed by atoms with Crippen molar-refractivity contribution in [1.82, 2.24) is 16.0 Å². The third kappa shape index (κ3) is 5.35. The zero-order valence-electron chi connectivity index (χ0n) is 18.3. The zero-order valence-corrected chi connectivity index (χ0v) is 18.3. The lowest BCUT2D eigenvalue weighted by Gasteiger charge is -2.41. The van der Waals surface area contributed by atoms with Crippen LogP contribution >= 0.6 is 0 Å². The maximum atomic E-state index is 14.1. The predicted molar refractivity (Wildman–Crippen MR) is 121 cm³/mol. The molecule has 0 aromatic heterocycles. The number of nitrogens with zero attached hydrogens (tertiary/aromatic N) is 2. The number of aliphatic imine (C=N–C) groups is 1. The smallest absolute Gasteiger partial charge is 0.255 e. The van der Waals surface area contributed by atoms with Crippen molar-refractivity contribution in [2.45, 2.75) is 37.1 Å². The van der Waals surface area contributed by atoms with Crippen LogP contribution in [0.4, 0.5) is 4.39 Å². The van der Waals surface area contributed by atoms with Crippen LogP contribution in [0.3, 0.4) is 0 Å². The second-order valence-electron chi connectivity index (χ2n) is 7.90. The van der Waals surface area contributed by atoms with Gasteiger partial charge in [-0.25, -0.2) is 4.39 Å². The van der Waals surface area contributed by atoms with Crippen molar-refractivity contribution in [1.29, 1.82) is 5.26 Å². The van der Waals surface area contributed by atoms with Crippen molar-refractivity contribution in [2.24, 2.45) is 4.99 Å². The van der Waals surface area contributed by atoms with Crippen molar-refractivity contribution < 1.29 is 13.9 Å². The van der Waals surface area contributed by atoms with Crippen LogP contribution in [0.5, 0.6) is 5.75 Å². The number of amides is 1. The Bertz CT molecular complexity index is 1010. The molecule has 1 saturated carbocycles. The van der Waals surface area contributed by atoms with E-state index >= 15 is 0 Å². The van der Waals surface area contributed by atoms with Crippen LogP contribution in [0.2, 0.25) is 0 Å². The Morgan fingerprint density at radius 2 is 2.00 bits per heavy atom. The average Bonchev–Trinajstić information content (AvgIpc) is 2.83. The highest BCUT2D eigenvalue weighted by Gasteiger charge is 2.38. The number of para-hydroxylation sites is 1. The van der Waals surface area contributed by atoms with Crippen LogP contribution in [-0.4, -0.2) is 38.6 Å². The summed E-state index contributed by atoms with van der Waals surface area (Å²) in [5, 5.41) is 18.0. The van der Waals surface area contributed by atoms with E-state index in [1.54, 1.807) is 43.6 Å². The van der Waals surface area contributed by atoms with Crippen LogP contribution in [0, 0.1) is 17.3 Å². The summed E-state index contributed by atoms with van der Waals surface area (Å²) in [5.74, 6) is 0.420. The minimum Gasteiger partial charge on any atom is -0.496 e. The minimum absolute atomic E-state index is 0.126. The maximum Gasteiger partial charge on any atom is 0.255 e. The van der Waals surface area contributed by atoms with Crippen LogP contribution in [0.25, 0.3) is 0 Å². The number of carbonyl (C=O) groups excluding carboxylic acids is 1. The summed E-state index contributed by atoms with van der Waals surface area (Å²) >= 11 is 0. The lowest BCUT2D eigenvalue weighted by molar-refractivity contribution is 0.0932. The molecule has 8 heteroatoms. The van der Waals surface area contributed by atoms with Crippen LogP contribution in [0.15, 0.2) is 53.5 Å². The van der Waals surface area contributed by atoms with Gasteiger partial charge < -0.3 is 20.7 Å². The fourth-order valence-corrected chi connectivity index (χ4v) is 4.28. The molecule has 0 unspecified atom stereocenters. The number of guanidine groups is 1. The monoisotopic (exact) mass is 437 g/mol. The number of hydrogen-bond acceptors (Lipinski definition) is 4. The highest BCUT2D eigenvalue weighted by molar-refractivity contribution is 5.97. The van der Waals surface area contributed by atoms with E-state index < -0.39 is 5.41 Å². The lowest BCUT2D eigenvalue weighted by atomic mass is 9.68. The Hall–Kier alpha value is -3.60. The largest absolute Gasteiger partial charge is 0.496 e. The Labute approximate surface area is 187 Å². The topological polar surface area (TPSA) is 98.5 Å². The Morgan fingerprint density at radius 1 is 1.25 bits per heavy atom. The quantitative estimate of drug-likeness (QED) is 0.367. The Kier molecular flexibility index (Phi) is 7.66. The lowest BCUT2D eigenvalue weighted by Crippen LogP contribution is -2.49. The molecule has 32 heavy (non-hydrogen) atoms. The molecule has 1 amide bonds. The number of carbonyl (C=O) groups is 1. The fourth-order valence-electron chi connectivity index (χ4n) is 4.28. The Balaban J connectivity index is 1.77. The normalized spacial score (nSPS) is 20.7. The average molecular weight is 438 g/mol. The standard InChI is InChI=1S/C24H28FN5O2/c1-27-23(29-16-26)30-19-10-12-24(13-11-19,17-6-5-7-18(25)14-17)15-28-22(31)20-8-3-4-9-21(20)32-2/h3-9,14,19H,10-13,15H2,1-2H3,(H,28,31)(H2,27,29,30)/t19-,24+. The van der Waals surface area contributed by atoms with Crippen molar-refractivity contribution in [2.75, 3.05) is 20.7 Å². The maximum absolute atomic E-state index is 14.1. The molecule has 2 aromatic carbocycles. The molecule has 1 aliphatic carbocycles. The van der Waals surface area contributed by atoms with Gasteiger partial charge >= 0.3 is 0 Å². The van der Waals surface area contributed by atoms with E-state index in [4.69, 9.17) is 10.00 Å². The molecule has 0 atom stereocenters. The van der Waals surface area contributed by atoms with Crippen LogP contribution < -0.4 is 20.7 Å². The van der Waals surface area contributed by atoms with Gasteiger partial charge in [-0.05, 0) is 55.5 Å². The molecule has 0 spiro atoms. The van der Waals surface area contributed by atoms with E-state index in [1.807, 2.05) is 12.1 Å².